The van der Waals surface area contributed by atoms with E-state index in [1.807, 2.05) is 13.8 Å². The Morgan fingerprint density at radius 2 is 2.00 bits per heavy atom. The highest BCUT2D eigenvalue weighted by Crippen LogP contribution is 2.23. The first kappa shape index (κ1) is 15.2. The molecule has 1 N–H and O–H groups in total. The molecule has 2 fully saturated rings. The summed E-state index contributed by atoms with van der Waals surface area (Å²) in [6.45, 7) is 6.11. The van der Waals surface area contributed by atoms with Crippen LogP contribution in [-0.4, -0.2) is 55.8 Å². The third-order valence-corrected chi connectivity index (χ3v) is 6.31. The van der Waals surface area contributed by atoms with E-state index in [2.05, 4.69) is 5.32 Å². The van der Waals surface area contributed by atoms with Crippen molar-refractivity contribution < 1.29 is 8.42 Å². The maximum atomic E-state index is 12.5. The topological polar surface area (TPSA) is 52.7 Å². The fraction of sp³-hybridized carbons (Fsp3) is 1.00. The first-order chi connectivity index (χ1) is 8.91. The van der Waals surface area contributed by atoms with Crippen molar-refractivity contribution in [2.45, 2.75) is 51.6 Å². The van der Waals surface area contributed by atoms with Gasteiger partial charge in [0.15, 0.2) is 0 Å². The summed E-state index contributed by atoms with van der Waals surface area (Å²) in [5.74, 6) is 0.463. The molecular formula is C13H27N3O2S. The number of rotatable bonds is 6. The Balaban J connectivity index is 1.91. The number of nitrogens with zero attached hydrogens (tertiary/aromatic N) is 2. The quantitative estimate of drug-likeness (QED) is 0.795. The molecule has 112 valence electrons. The Morgan fingerprint density at radius 3 is 2.58 bits per heavy atom. The van der Waals surface area contributed by atoms with Gasteiger partial charge in [-0.25, -0.2) is 0 Å². The van der Waals surface area contributed by atoms with E-state index in [0.29, 0.717) is 25.0 Å². The van der Waals surface area contributed by atoms with Gasteiger partial charge in [-0.05, 0) is 52.0 Å². The van der Waals surface area contributed by atoms with Gasteiger partial charge in [0.2, 0.25) is 0 Å². The smallest absolute Gasteiger partial charge is 0.281 e. The van der Waals surface area contributed by atoms with Gasteiger partial charge in [-0.3, -0.25) is 0 Å². The van der Waals surface area contributed by atoms with Gasteiger partial charge in [-0.1, -0.05) is 0 Å². The lowest BCUT2D eigenvalue weighted by atomic mass is 10.00. The SMILES string of the molecule is CC(C)N(C)S(=O)(=O)N1CCCC(CNC2CC2)C1. The van der Waals surface area contributed by atoms with E-state index >= 15 is 0 Å². The fourth-order valence-electron chi connectivity index (χ4n) is 2.47. The van der Waals surface area contributed by atoms with Gasteiger partial charge in [0.1, 0.15) is 0 Å². The van der Waals surface area contributed by atoms with Crippen LogP contribution < -0.4 is 5.32 Å². The maximum absolute atomic E-state index is 12.5. The molecule has 2 rings (SSSR count). The van der Waals surface area contributed by atoms with E-state index in [1.165, 1.54) is 17.1 Å². The van der Waals surface area contributed by atoms with Crippen molar-refractivity contribution in [2.24, 2.45) is 5.92 Å². The van der Waals surface area contributed by atoms with E-state index in [-0.39, 0.29) is 6.04 Å². The van der Waals surface area contributed by atoms with Crippen LogP contribution in [0.3, 0.4) is 0 Å². The minimum absolute atomic E-state index is 0.00923. The van der Waals surface area contributed by atoms with Gasteiger partial charge in [-0.2, -0.15) is 17.0 Å². The molecule has 1 aliphatic carbocycles. The molecule has 1 atom stereocenters. The Kier molecular flexibility index (Phi) is 4.87. The molecule has 0 bridgehead atoms. The average Bonchev–Trinajstić information content (AvgIpc) is 3.19. The summed E-state index contributed by atoms with van der Waals surface area (Å²) in [5.41, 5.74) is 0. The van der Waals surface area contributed by atoms with Crippen molar-refractivity contribution in [3.05, 3.63) is 0 Å². The van der Waals surface area contributed by atoms with E-state index in [4.69, 9.17) is 0 Å². The zero-order valence-corrected chi connectivity index (χ0v) is 13.1. The molecule has 1 saturated heterocycles. The van der Waals surface area contributed by atoms with E-state index < -0.39 is 10.2 Å². The Morgan fingerprint density at radius 1 is 1.32 bits per heavy atom. The highest BCUT2D eigenvalue weighted by molar-refractivity contribution is 7.86. The highest BCUT2D eigenvalue weighted by atomic mass is 32.2. The van der Waals surface area contributed by atoms with Crippen molar-refractivity contribution in [2.75, 3.05) is 26.7 Å². The van der Waals surface area contributed by atoms with Crippen LogP contribution in [-0.2, 0) is 10.2 Å². The fourth-order valence-corrected chi connectivity index (χ4v) is 4.13. The first-order valence-corrected chi connectivity index (χ1v) is 8.77. The molecule has 2 aliphatic rings. The molecule has 19 heavy (non-hydrogen) atoms. The zero-order valence-electron chi connectivity index (χ0n) is 12.3. The van der Waals surface area contributed by atoms with Gasteiger partial charge < -0.3 is 5.32 Å². The zero-order chi connectivity index (χ0) is 14.0. The van der Waals surface area contributed by atoms with E-state index in [1.54, 1.807) is 11.4 Å². The number of piperidine rings is 1. The highest BCUT2D eigenvalue weighted by Gasteiger charge is 2.33. The third kappa shape index (κ3) is 3.90. The molecule has 0 amide bonds. The van der Waals surface area contributed by atoms with Crippen LogP contribution in [0.25, 0.3) is 0 Å². The Hall–Kier alpha value is -0.170. The molecule has 1 aliphatic heterocycles. The molecule has 0 spiro atoms. The van der Waals surface area contributed by atoms with Crippen molar-refractivity contribution in [1.29, 1.82) is 0 Å². The second-order valence-electron chi connectivity index (χ2n) is 6.17. The van der Waals surface area contributed by atoms with Crippen LogP contribution in [0.1, 0.15) is 39.5 Å². The molecule has 0 aromatic rings. The summed E-state index contributed by atoms with van der Waals surface area (Å²) in [4.78, 5) is 0. The second-order valence-corrected chi connectivity index (χ2v) is 8.15. The van der Waals surface area contributed by atoms with Gasteiger partial charge in [0, 0.05) is 32.2 Å². The lowest BCUT2D eigenvalue weighted by Gasteiger charge is -2.35. The maximum Gasteiger partial charge on any atom is 0.281 e. The van der Waals surface area contributed by atoms with Crippen molar-refractivity contribution in [1.82, 2.24) is 13.9 Å². The molecular weight excluding hydrogens is 262 g/mol. The van der Waals surface area contributed by atoms with Crippen LogP contribution in [0, 0.1) is 5.92 Å². The molecule has 1 unspecified atom stereocenters. The summed E-state index contributed by atoms with van der Waals surface area (Å²) in [7, 11) is -1.61. The van der Waals surface area contributed by atoms with E-state index in [0.717, 1.165) is 19.4 Å². The summed E-state index contributed by atoms with van der Waals surface area (Å²) < 4.78 is 28.0. The first-order valence-electron chi connectivity index (χ1n) is 7.37. The summed E-state index contributed by atoms with van der Waals surface area (Å²) in [6, 6.07) is 0.709. The van der Waals surface area contributed by atoms with Crippen LogP contribution >= 0.6 is 0 Å². The van der Waals surface area contributed by atoms with Crippen LogP contribution in [0.5, 0.6) is 0 Å². The molecule has 1 saturated carbocycles. The van der Waals surface area contributed by atoms with Gasteiger partial charge in [0.25, 0.3) is 10.2 Å². The summed E-state index contributed by atoms with van der Waals surface area (Å²) in [6.07, 6.45) is 4.68. The summed E-state index contributed by atoms with van der Waals surface area (Å²) >= 11 is 0. The third-order valence-electron chi connectivity index (χ3n) is 4.17. The predicted octanol–water partition coefficient (Wildman–Crippen LogP) is 1.04. The van der Waals surface area contributed by atoms with Crippen LogP contribution in [0.2, 0.25) is 0 Å². The second kappa shape index (κ2) is 6.08. The average molecular weight is 289 g/mol. The van der Waals surface area contributed by atoms with Gasteiger partial charge in [-0.15, -0.1) is 0 Å². The minimum Gasteiger partial charge on any atom is -0.314 e. The monoisotopic (exact) mass is 289 g/mol. The number of nitrogens with one attached hydrogen (secondary N) is 1. The van der Waals surface area contributed by atoms with Crippen molar-refractivity contribution in [3.8, 4) is 0 Å². The predicted molar refractivity (Wildman–Crippen MR) is 77.1 cm³/mol. The summed E-state index contributed by atoms with van der Waals surface area (Å²) in [5, 5.41) is 3.52. The standard InChI is InChI=1S/C13H27N3O2S/c1-11(2)15(3)19(17,18)16-8-4-5-12(10-16)9-14-13-6-7-13/h11-14H,4-10H2,1-3H3. The molecule has 6 heteroatoms. The molecule has 5 nitrogen and oxygen atoms in total. The number of hydrogen-bond donors (Lipinski definition) is 1. The van der Waals surface area contributed by atoms with Crippen molar-refractivity contribution in [3.63, 3.8) is 0 Å². The molecule has 0 radical (unpaired) electrons. The largest absolute Gasteiger partial charge is 0.314 e. The Labute approximate surface area is 117 Å². The molecule has 0 aromatic heterocycles. The number of hydrogen-bond acceptors (Lipinski definition) is 3. The van der Waals surface area contributed by atoms with Gasteiger partial charge >= 0.3 is 0 Å². The van der Waals surface area contributed by atoms with Crippen molar-refractivity contribution >= 4 is 10.2 Å². The lowest BCUT2D eigenvalue weighted by molar-refractivity contribution is 0.241. The van der Waals surface area contributed by atoms with E-state index in [9.17, 15) is 8.42 Å². The normalized spacial score (nSPS) is 26.3. The Bertz CT molecular complexity index is 393. The van der Waals surface area contributed by atoms with Gasteiger partial charge in [0.05, 0.1) is 0 Å². The molecule has 1 heterocycles. The lowest BCUT2D eigenvalue weighted by Crippen LogP contribution is -2.49. The minimum atomic E-state index is -3.28. The van der Waals surface area contributed by atoms with Crippen LogP contribution in [0.15, 0.2) is 0 Å². The molecule has 0 aromatic carbocycles. The van der Waals surface area contributed by atoms with Crippen LogP contribution in [0.4, 0.5) is 0 Å².